The quantitative estimate of drug-likeness (QED) is 0.910. The van der Waals surface area contributed by atoms with Gasteiger partial charge in [-0.2, -0.15) is 0 Å². The van der Waals surface area contributed by atoms with E-state index in [1.165, 1.54) is 4.88 Å². The van der Waals surface area contributed by atoms with E-state index >= 15 is 0 Å². The van der Waals surface area contributed by atoms with Crippen LogP contribution in [0.15, 0.2) is 18.2 Å². The average molecular weight is 278 g/mol. The van der Waals surface area contributed by atoms with Crippen LogP contribution >= 0.6 is 11.3 Å². The molecule has 0 amide bonds. The van der Waals surface area contributed by atoms with Crippen molar-refractivity contribution >= 4 is 17.0 Å². The fourth-order valence-corrected chi connectivity index (χ4v) is 2.74. The van der Waals surface area contributed by atoms with Gasteiger partial charge in [0.2, 0.25) is 0 Å². The maximum absolute atomic E-state index is 5.28. The Labute approximate surface area is 117 Å². The van der Waals surface area contributed by atoms with Crippen LogP contribution in [0.3, 0.4) is 0 Å². The predicted octanol–water partition coefficient (Wildman–Crippen LogP) is 3.39. The molecule has 4 nitrogen and oxygen atoms in total. The standard InChI is InChI=1S/C14H18N2O2S/c1-9-14(19-10(2)16-9)8-15-11-5-6-12(17-3)13(7-11)18-4/h5-7,15H,8H2,1-4H3. The number of nitrogens with zero attached hydrogens (tertiary/aromatic N) is 1. The Kier molecular flexibility index (Phi) is 4.27. The zero-order valence-corrected chi connectivity index (χ0v) is 12.4. The molecule has 0 fully saturated rings. The molecule has 2 aromatic rings. The Morgan fingerprint density at radius 3 is 2.47 bits per heavy atom. The van der Waals surface area contributed by atoms with E-state index in [9.17, 15) is 0 Å². The van der Waals surface area contributed by atoms with Crippen molar-refractivity contribution < 1.29 is 9.47 Å². The van der Waals surface area contributed by atoms with E-state index in [2.05, 4.69) is 10.3 Å². The highest BCUT2D eigenvalue weighted by Crippen LogP contribution is 2.30. The van der Waals surface area contributed by atoms with Crippen LogP contribution in [0, 0.1) is 13.8 Å². The molecule has 1 N–H and O–H groups in total. The Balaban J connectivity index is 2.09. The highest BCUT2D eigenvalue weighted by Gasteiger charge is 2.07. The third-order valence-electron chi connectivity index (χ3n) is 2.84. The van der Waals surface area contributed by atoms with Gasteiger partial charge in [0.15, 0.2) is 11.5 Å². The van der Waals surface area contributed by atoms with E-state index in [-0.39, 0.29) is 0 Å². The van der Waals surface area contributed by atoms with Crippen molar-refractivity contribution in [2.24, 2.45) is 0 Å². The highest BCUT2D eigenvalue weighted by atomic mass is 32.1. The predicted molar refractivity (Wildman–Crippen MR) is 78.5 cm³/mol. The first-order chi connectivity index (χ1) is 9.13. The number of thiazole rings is 1. The minimum absolute atomic E-state index is 0.727. The van der Waals surface area contributed by atoms with E-state index in [0.29, 0.717) is 0 Å². The maximum Gasteiger partial charge on any atom is 0.162 e. The molecule has 0 bridgehead atoms. The Hall–Kier alpha value is -1.75. The molecule has 1 aromatic carbocycles. The second-order valence-corrected chi connectivity index (χ2v) is 5.45. The summed E-state index contributed by atoms with van der Waals surface area (Å²) in [6.07, 6.45) is 0. The van der Waals surface area contributed by atoms with Gasteiger partial charge in [-0.05, 0) is 26.0 Å². The second kappa shape index (κ2) is 5.93. The lowest BCUT2D eigenvalue weighted by Crippen LogP contribution is -2.00. The SMILES string of the molecule is COc1ccc(NCc2sc(C)nc2C)cc1OC. The zero-order valence-electron chi connectivity index (χ0n) is 11.6. The van der Waals surface area contributed by atoms with Gasteiger partial charge in [-0.15, -0.1) is 11.3 Å². The van der Waals surface area contributed by atoms with Crippen LogP contribution in [0.25, 0.3) is 0 Å². The summed E-state index contributed by atoms with van der Waals surface area (Å²) in [5.74, 6) is 1.46. The topological polar surface area (TPSA) is 43.4 Å². The van der Waals surface area contributed by atoms with Gasteiger partial charge in [-0.25, -0.2) is 4.98 Å². The monoisotopic (exact) mass is 278 g/mol. The molecule has 2 rings (SSSR count). The van der Waals surface area contributed by atoms with Gasteiger partial charge >= 0.3 is 0 Å². The molecule has 5 heteroatoms. The van der Waals surface area contributed by atoms with Crippen molar-refractivity contribution in [3.8, 4) is 11.5 Å². The smallest absolute Gasteiger partial charge is 0.162 e. The maximum atomic E-state index is 5.28. The molecule has 1 aromatic heterocycles. The van der Waals surface area contributed by atoms with Crippen LogP contribution in [0.2, 0.25) is 0 Å². The summed E-state index contributed by atoms with van der Waals surface area (Å²) in [5, 5.41) is 4.47. The van der Waals surface area contributed by atoms with Gasteiger partial charge in [0.1, 0.15) is 0 Å². The van der Waals surface area contributed by atoms with Gasteiger partial charge in [0, 0.05) is 16.6 Å². The van der Waals surface area contributed by atoms with Crippen LogP contribution in [0.1, 0.15) is 15.6 Å². The summed E-state index contributed by atoms with van der Waals surface area (Å²) in [6.45, 7) is 4.83. The fourth-order valence-electron chi connectivity index (χ4n) is 1.87. The normalized spacial score (nSPS) is 10.3. The number of methoxy groups -OCH3 is 2. The first-order valence-electron chi connectivity index (χ1n) is 6.03. The number of anilines is 1. The van der Waals surface area contributed by atoms with Crippen LogP contribution < -0.4 is 14.8 Å². The molecule has 0 atom stereocenters. The molecule has 19 heavy (non-hydrogen) atoms. The highest BCUT2D eigenvalue weighted by molar-refractivity contribution is 7.11. The Morgan fingerprint density at radius 2 is 1.89 bits per heavy atom. The molecule has 102 valence electrons. The average Bonchev–Trinajstić information content (AvgIpc) is 2.74. The van der Waals surface area contributed by atoms with E-state index in [4.69, 9.17) is 9.47 Å². The third-order valence-corrected chi connectivity index (χ3v) is 3.91. The molecule has 0 aliphatic carbocycles. The van der Waals surface area contributed by atoms with Gasteiger partial charge in [0.25, 0.3) is 0 Å². The number of hydrogen-bond donors (Lipinski definition) is 1. The first kappa shape index (κ1) is 13.7. The molecule has 0 aliphatic heterocycles. The van der Waals surface area contributed by atoms with Crippen molar-refractivity contribution in [1.82, 2.24) is 4.98 Å². The first-order valence-corrected chi connectivity index (χ1v) is 6.84. The van der Waals surface area contributed by atoms with Crippen LogP contribution in [0.4, 0.5) is 5.69 Å². The summed E-state index contributed by atoms with van der Waals surface area (Å²) in [4.78, 5) is 5.68. The molecule has 0 saturated carbocycles. The minimum Gasteiger partial charge on any atom is -0.493 e. The summed E-state index contributed by atoms with van der Waals surface area (Å²) in [5.41, 5.74) is 2.10. The van der Waals surface area contributed by atoms with Gasteiger partial charge in [-0.1, -0.05) is 0 Å². The fraction of sp³-hybridized carbons (Fsp3) is 0.357. The Bertz CT molecular complexity index is 567. The van der Waals surface area contributed by atoms with Crippen LogP contribution in [-0.2, 0) is 6.54 Å². The van der Waals surface area contributed by atoms with Gasteiger partial charge in [0.05, 0.1) is 31.5 Å². The van der Waals surface area contributed by atoms with Crippen LogP contribution in [-0.4, -0.2) is 19.2 Å². The molecule has 0 radical (unpaired) electrons. The molecule has 0 aliphatic rings. The lowest BCUT2D eigenvalue weighted by Gasteiger charge is -2.10. The summed E-state index contributed by atoms with van der Waals surface area (Å²) < 4.78 is 10.5. The summed E-state index contributed by atoms with van der Waals surface area (Å²) >= 11 is 1.72. The molecular weight excluding hydrogens is 260 g/mol. The van der Waals surface area contributed by atoms with E-state index in [0.717, 1.165) is 34.4 Å². The van der Waals surface area contributed by atoms with E-state index in [1.54, 1.807) is 25.6 Å². The number of aryl methyl sites for hydroxylation is 2. The lowest BCUT2D eigenvalue weighted by molar-refractivity contribution is 0.355. The Morgan fingerprint density at radius 1 is 1.16 bits per heavy atom. The van der Waals surface area contributed by atoms with Crippen molar-refractivity contribution in [2.75, 3.05) is 19.5 Å². The number of rotatable bonds is 5. The summed E-state index contributed by atoms with van der Waals surface area (Å²) in [7, 11) is 3.27. The number of nitrogens with one attached hydrogen (secondary N) is 1. The molecule has 0 saturated heterocycles. The number of hydrogen-bond acceptors (Lipinski definition) is 5. The zero-order chi connectivity index (χ0) is 13.8. The molecule has 1 heterocycles. The van der Waals surface area contributed by atoms with Crippen LogP contribution in [0.5, 0.6) is 11.5 Å². The molecule has 0 spiro atoms. The molecule has 0 unspecified atom stereocenters. The van der Waals surface area contributed by atoms with E-state index in [1.807, 2.05) is 32.0 Å². The van der Waals surface area contributed by atoms with Crippen molar-refractivity contribution in [1.29, 1.82) is 0 Å². The minimum atomic E-state index is 0.727. The van der Waals surface area contributed by atoms with Gasteiger partial charge < -0.3 is 14.8 Å². The van der Waals surface area contributed by atoms with E-state index < -0.39 is 0 Å². The molecular formula is C14H18N2O2S. The number of benzene rings is 1. The lowest BCUT2D eigenvalue weighted by atomic mass is 10.2. The van der Waals surface area contributed by atoms with Crippen molar-refractivity contribution in [3.63, 3.8) is 0 Å². The van der Waals surface area contributed by atoms with Gasteiger partial charge in [-0.3, -0.25) is 0 Å². The third kappa shape index (κ3) is 3.17. The second-order valence-electron chi connectivity index (χ2n) is 4.16. The van der Waals surface area contributed by atoms with Crippen molar-refractivity contribution in [2.45, 2.75) is 20.4 Å². The number of ether oxygens (including phenoxy) is 2. The largest absolute Gasteiger partial charge is 0.493 e. The summed E-state index contributed by atoms with van der Waals surface area (Å²) in [6, 6.07) is 5.80. The van der Waals surface area contributed by atoms with Crippen molar-refractivity contribution in [3.05, 3.63) is 33.8 Å². The number of aromatic nitrogens is 1.